The highest BCUT2D eigenvalue weighted by Gasteiger charge is 2.26. The van der Waals surface area contributed by atoms with Crippen LogP contribution in [0.25, 0.3) is 21.8 Å². The van der Waals surface area contributed by atoms with E-state index < -0.39 is 0 Å². The zero-order valence-corrected chi connectivity index (χ0v) is 18.0. The highest BCUT2D eigenvalue weighted by molar-refractivity contribution is 7.18. The summed E-state index contributed by atoms with van der Waals surface area (Å²) in [7, 11) is 0. The van der Waals surface area contributed by atoms with E-state index in [0.29, 0.717) is 30.3 Å². The number of thiazole rings is 1. The standard InChI is InChI=1S/C22H23N5O3S/c1-15(22-23-16-5-2-3-7-18(16)31-22)26-10-12-27(13-11-26)20(28)9-8-19-24-21(25-30-19)17-6-4-14-29-17/h2-7,14-15H,8-13H2,1H3. The van der Waals surface area contributed by atoms with E-state index >= 15 is 0 Å². The Bertz CT molecular complexity index is 1130. The van der Waals surface area contributed by atoms with Crippen LogP contribution in [0.2, 0.25) is 0 Å². The van der Waals surface area contributed by atoms with Crippen molar-refractivity contribution in [2.75, 3.05) is 26.2 Å². The van der Waals surface area contributed by atoms with Gasteiger partial charge in [0.1, 0.15) is 5.01 Å². The lowest BCUT2D eigenvalue weighted by atomic mass is 10.2. The van der Waals surface area contributed by atoms with Gasteiger partial charge in [-0.05, 0) is 31.2 Å². The molecule has 8 nitrogen and oxygen atoms in total. The third-order valence-corrected chi connectivity index (χ3v) is 6.85. The molecule has 3 aromatic heterocycles. The first-order chi connectivity index (χ1) is 15.2. The minimum atomic E-state index is 0.116. The van der Waals surface area contributed by atoms with Crippen LogP contribution >= 0.6 is 11.3 Å². The van der Waals surface area contributed by atoms with E-state index in [0.717, 1.165) is 36.7 Å². The van der Waals surface area contributed by atoms with Gasteiger partial charge in [-0.1, -0.05) is 17.3 Å². The molecule has 1 aliphatic rings. The van der Waals surface area contributed by atoms with Crippen LogP contribution in [0.4, 0.5) is 0 Å². The Morgan fingerprint density at radius 3 is 2.74 bits per heavy atom. The van der Waals surface area contributed by atoms with Crippen molar-refractivity contribution in [2.24, 2.45) is 0 Å². The van der Waals surface area contributed by atoms with Crippen LogP contribution in [0.15, 0.2) is 51.6 Å². The van der Waals surface area contributed by atoms with E-state index in [9.17, 15) is 4.79 Å². The van der Waals surface area contributed by atoms with Crippen molar-refractivity contribution in [1.29, 1.82) is 0 Å². The second kappa shape index (κ2) is 8.60. The Kier molecular flexibility index (Phi) is 5.52. The largest absolute Gasteiger partial charge is 0.461 e. The van der Waals surface area contributed by atoms with E-state index in [1.54, 1.807) is 29.7 Å². The van der Waals surface area contributed by atoms with Crippen LogP contribution in [-0.4, -0.2) is 57.0 Å². The summed E-state index contributed by atoms with van der Waals surface area (Å²) in [6.45, 7) is 5.31. The molecule has 31 heavy (non-hydrogen) atoms. The number of carbonyl (C=O) groups is 1. The molecule has 0 spiro atoms. The van der Waals surface area contributed by atoms with Crippen molar-refractivity contribution >= 4 is 27.5 Å². The summed E-state index contributed by atoms with van der Waals surface area (Å²) >= 11 is 1.75. The minimum absolute atomic E-state index is 0.116. The van der Waals surface area contributed by atoms with Crippen LogP contribution in [0.5, 0.6) is 0 Å². The second-order valence-electron chi connectivity index (χ2n) is 7.60. The molecule has 0 saturated carbocycles. The SMILES string of the molecule is CC(c1nc2ccccc2s1)N1CCN(C(=O)CCc2nc(-c3ccco3)no2)CC1. The van der Waals surface area contributed by atoms with Crippen LogP contribution < -0.4 is 0 Å². The van der Waals surface area contributed by atoms with Gasteiger partial charge in [0, 0.05) is 39.0 Å². The van der Waals surface area contributed by atoms with Gasteiger partial charge in [-0.25, -0.2) is 4.98 Å². The molecule has 0 aliphatic carbocycles. The Balaban J connectivity index is 1.13. The quantitative estimate of drug-likeness (QED) is 0.454. The summed E-state index contributed by atoms with van der Waals surface area (Å²) in [5.74, 6) is 1.53. The minimum Gasteiger partial charge on any atom is -0.461 e. The third kappa shape index (κ3) is 4.24. The highest BCUT2D eigenvalue weighted by atomic mass is 32.1. The normalized spacial score (nSPS) is 16.1. The van der Waals surface area contributed by atoms with Crippen molar-refractivity contribution in [3.63, 3.8) is 0 Å². The number of benzene rings is 1. The number of aryl methyl sites for hydroxylation is 1. The maximum Gasteiger partial charge on any atom is 0.238 e. The molecule has 0 bridgehead atoms. The first-order valence-corrected chi connectivity index (χ1v) is 11.2. The first kappa shape index (κ1) is 19.9. The highest BCUT2D eigenvalue weighted by Crippen LogP contribution is 2.30. The second-order valence-corrected chi connectivity index (χ2v) is 8.66. The van der Waals surface area contributed by atoms with Gasteiger partial charge in [0.25, 0.3) is 0 Å². The first-order valence-electron chi connectivity index (χ1n) is 10.4. The van der Waals surface area contributed by atoms with Gasteiger partial charge in [-0.3, -0.25) is 9.69 Å². The number of rotatable bonds is 6. The number of carbonyl (C=O) groups excluding carboxylic acids is 1. The molecule has 1 unspecified atom stereocenters. The molecule has 160 valence electrons. The van der Waals surface area contributed by atoms with E-state index in [4.69, 9.17) is 13.9 Å². The lowest BCUT2D eigenvalue weighted by molar-refractivity contribution is -0.133. The smallest absolute Gasteiger partial charge is 0.238 e. The molecule has 9 heteroatoms. The predicted octanol–water partition coefficient (Wildman–Crippen LogP) is 3.78. The molecule has 4 heterocycles. The molecule has 1 fully saturated rings. The predicted molar refractivity (Wildman–Crippen MR) is 117 cm³/mol. The number of para-hydroxylation sites is 1. The molecular formula is C22H23N5O3S. The molecule has 0 N–H and O–H groups in total. The average molecular weight is 438 g/mol. The van der Waals surface area contributed by atoms with E-state index in [-0.39, 0.29) is 11.9 Å². The molecular weight excluding hydrogens is 414 g/mol. The number of nitrogens with zero attached hydrogens (tertiary/aromatic N) is 5. The van der Waals surface area contributed by atoms with Gasteiger partial charge in [0.2, 0.25) is 17.6 Å². The maximum atomic E-state index is 12.7. The molecule has 1 atom stereocenters. The van der Waals surface area contributed by atoms with Gasteiger partial charge in [0.05, 0.1) is 22.5 Å². The fourth-order valence-corrected chi connectivity index (χ4v) is 4.87. The van der Waals surface area contributed by atoms with Gasteiger partial charge in [0.15, 0.2) is 5.76 Å². The Morgan fingerprint density at radius 1 is 1.13 bits per heavy atom. The van der Waals surface area contributed by atoms with Crippen molar-refractivity contribution in [3.05, 3.63) is 53.6 Å². The third-order valence-electron chi connectivity index (χ3n) is 5.64. The van der Waals surface area contributed by atoms with Crippen molar-refractivity contribution in [2.45, 2.75) is 25.8 Å². The summed E-state index contributed by atoms with van der Waals surface area (Å²) in [5.41, 5.74) is 1.05. The van der Waals surface area contributed by atoms with E-state index in [1.165, 1.54) is 4.70 Å². The number of hydrogen-bond donors (Lipinski definition) is 0. The summed E-state index contributed by atoms with van der Waals surface area (Å²) in [6, 6.07) is 12.0. The van der Waals surface area contributed by atoms with Gasteiger partial charge in [-0.15, -0.1) is 11.3 Å². The summed E-state index contributed by atoms with van der Waals surface area (Å²) < 4.78 is 11.7. The van der Waals surface area contributed by atoms with Crippen LogP contribution in [0.1, 0.15) is 30.3 Å². The van der Waals surface area contributed by atoms with Crippen LogP contribution in [-0.2, 0) is 11.2 Å². The summed E-state index contributed by atoms with van der Waals surface area (Å²) in [6.07, 6.45) is 2.34. The number of piperazine rings is 1. The number of furan rings is 1. The molecule has 1 aliphatic heterocycles. The zero-order chi connectivity index (χ0) is 21.2. The van der Waals surface area contributed by atoms with Crippen molar-refractivity contribution in [1.82, 2.24) is 24.9 Å². The van der Waals surface area contributed by atoms with E-state index in [1.807, 2.05) is 17.0 Å². The number of fused-ring (bicyclic) bond motifs is 1. The molecule has 1 aromatic carbocycles. The number of aromatic nitrogens is 3. The lowest BCUT2D eigenvalue weighted by Crippen LogP contribution is -2.49. The molecule has 5 rings (SSSR count). The summed E-state index contributed by atoms with van der Waals surface area (Å²) in [4.78, 5) is 26.1. The van der Waals surface area contributed by atoms with Crippen molar-refractivity contribution in [3.8, 4) is 11.6 Å². The molecule has 1 saturated heterocycles. The molecule has 4 aromatic rings. The average Bonchev–Trinajstić information content (AvgIpc) is 3.57. The van der Waals surface area contributed by atoms with Gasteiger partial charge in [-0.2, -0.15) is 4.98 Å². The Morgan fingerprint density at radius 2 is 1.97 bits per heavy atom. The number of amides is 1. The van der Waals surface area contributed by atoms with E-state index in [2.05, 4.69) is 34.1 Å². The topological polar surface area (TPSA) is 88.5 Å². The van der Waals surface area contributed by atoms with Gasteiger partial charge >= 0.3 is 0 Å². The monoisotopic (exact) mass is 437 g/mol. The fraction of sp³-hybridized carbons (Fsp3) is 0.364. The van der Waals surface area contributed by atoms with Crippen LogP contribution in [0, 0.1) is 0 Å². The maximum absolute atomic E-state index is 12.7. The number of hydrogen-bond acceptors (Lipinski definition) is 8. The Labute approximate surface area is 183 Å². The molecule has 1 amide bonds. The van der Waals surface area contributed by atoms with Crippen molar-refractivity contribution < 1.29 is 13.7 Å². The van der Waals surface area contributed by atoms with Crippen LogP contribution in [0.3, 0.4) is 0 Å². The zero-order valence-electron chi connectivity index (χ0n) is 17.2. The lowest BCUT2D eigenvalue weighted by Gasteiger charge is -2.37. The summed E-state index contributed by atoms with van der Waals surface area (Å²) in [5, 5.41) is 5.04. The Hall–Kier alpha value is -3.04. The molecule has 0 radical (unpaired) electrons. The fourth-order valence-electron chi connectivity index (χ4n) is 3.82. The van der Waals surface area contributed by atoms with Gasteiger partial charge < -0.3 is 13.8 Å².